The number of hydrogen-bond donors (Lipinski definition) is 1. The third-order valence-electron chi connectivity index (χ3n) is 4.68. The minimum Gasteiger partial charge on any atom is -0.508 e. The van der Waals surface area contributed by atoms with Gasteiger partial charge in [-0.15, -0.1) is 0 Å². The molecule has 0 saturated heterocycles. The van der Waals surface area contributed by atoms with Crippen LogP contribution in [0.5, 0.6) is 5.75 Å². The van der Waals surface area contributed by atoms with Crippen molar-refractivity contribution in [1.29, 1.82) is 0 Å². The average Bonchev–Trinajstić information content (AvgIpc) is 3.05. The molecule has 1 aliphatic rings. The van der Waals surface area contributed by atoms with Crippen LogP contribution in [-0.4, -0.2) is 29.1 Å². The molecule has 1 aromatic carbocycles. The first-order valence-corrected chi connectivity index (χ1v) is 8.34. The highest BCUT2D eigenvalue weighted by Crippen LogP contribution is 2.30. The third-order valence-corrected chi connectivity index (χ3v) is 4.68. The molecule has 0 radical (unpaired) electrons. The molecule has 0 saturated carbocycles. The van der Waals surface area contributed by atoms with Crippen LogP contribution in [0.1, 0.15) is 36.7 Å². The van der Waals surface area contributed by atoms with Crippen LogP contribution >= 0.6 is 0 Å². The van der Waals surface area contributed by atoms with E-state index in [1.54, 1.807) is 12.3 Å². The molecule has 3 nitrogen and oxygen atoms in total. The van der Waals surface area contributed by atoms with Gasteiger partial charge in [0.2, 0.25) is 0 Å². The predicted octanol–water partition coefficient (Wildman–Crippen LogP) is 3.80. The zero-order chi connectivity index (χ0) is 15.4. The van der Waals surface area contributed by atoms with Gasteiger partial charge in [-0.3, -0.25) is 4.90 Å². The van der Waals surface area contributed by atoms with E-state index < -0.39 is 0 Å². The van der Waals surface area contributed by atoms with Gasteiger partial charge in [0.25, 0.3) is 0 Å². The first-order valence-electron chi connectivity index (χ1n) is 8.34. The van der Waals surface area contributed by atoms with Gasteiger partial charge < -0.3 is 9.52 Å². The zero-order valence-corrected chi connectivity index (χ0v) is 13.3. The summed E-state index contributed by atoms with van der Waals surface area (Å²) < 4.78 is 5.46. The van der Waals surface area contributed by atoms with Crippen LogP contribution in [0.25, 0.3) is 0 Å². The molecule has 0 aliphatic heterocycles. The highest BCUT2D eigenvalue weighted by molar-refractivity contribution is 5.41. The Labute approximate surface area is 132 Å². The van der Waals surface area contributed by atoms with Crippen molar-refractivity contribution in [2.45, 2.75) is 45.1 Å². The van der Waals surface area contributed by atoms with Crippen molar-refractivity contribution < 1.29 is 9.52 Å². The second-order valence-electron chi connectivity index (χ2n) is 6.18. The Bertz CT molecular complexity index is 591. The van der Waals surface area contributed by atoms with Gasteiger partial charge >= 0.3 is 0 Å². The summed E-state index contributed by atoms with van der Waals surface area (Å²) in [6.07, 6.45) is 7.04. The Balaban J connectivity index is 1.67. The summed E-state index contributed by atoms with van der Waals surface area (Å²) in [7, 11) is 0. The molecule has 1 heterocycles. The van der Waals surface area contributed by atoms with Gasteiger partial charge in [0, 0.05) is 19.0 Å². The van der Waals surface area contributed by atoms with Gasteiger partial charge in [-0.05, 0) is 61.6 Å². The topological polar surface area (TPSA) is 36.6 Å². The normalized spacial score (nSPS) is 17.6. The summed E-state index contributed by atoms with van der Waals surface area (Å²) in [4.78, 5) is 2.59. The number of furan rings is 1. The molecule has 3 heteroatoms. The lowest BCUT2D eigenvalue weighted by Gasteiger charge is -2.35. The minimum absolute atomic E-state index is 0.466. The van der Waals surface area contributed by atoms with Gasteiger partial charge in [-0.25, -0.2) is 0 Å². The van der Waals surface area contributed by atoms with Gasteiger partial charge in [0.15, 0.2) is 0 Å². The van der Waals surface area contributed by atoms with Crippen LogP contribution in [0.2, 0.25) is 0 Å². The standard InChI is InChI=1S/C19H25NO2/c1-2-11-20(12-10-17-6-4-13-22-17)16-8-9-18-15(14-16)5-3-7-19(18)21/h3-7,13,16,21H,2,8-12,14H2,1H3. The second-order valence-corrected chi connectivity index (χ2v) is 6.18. The summed E-state index contributed by atoms with van der Waals surface area (Å²) in [6.45, 7) is 4.40. The number of benzene rings is 1. The first-order chi connectivity index (χ1) is 10.8. The molecule has 1 N–H and O–H groups in total. The number of hydrogen-bond acceptors (Lipinski definition) is 3. The van der Waals surface area contributed by atoms with Crippen LogP contribution in [0, 0.1) is 0 Å². The van der Waals surface area contributed by atoms with Gasteiger partial charge in [0.1, 0.15) is 11.5 Å². The lowest BCUT2D eigenvalue weighted by molar-refractivity contribution is 0.178. The van der Waals surface area contributed by atoms with Gasteiger partial charge in [-0.2, -0.15) is 0 Å². The maximum Gasteiger partial charge on any atom is 0.119 e. The number of phenolic OH excluding ortho intramolecular Hbond substituents is 1. The van der Waals surface area contributed by atoms with E-state index >= 15 is 0 Å². The Kier molecular flexibility index (Phi) is 4.84. The molecular formula is C19H25NO2. The molecule has 1 unspecified atom stereocenters. The van der Waals surface area contributed by atoms with E-state index in [2.05, 4.69) is 24.0 Å². The van der Waals surface area contributed by atoms with E-state index in [0.717, 1.165) is 50.1 Å². The Morgan fingerprint density at radius 1 is 1.23 bits per heavy atom. The summed E-state index contributed by atoms with van der Waals surface area (Å²) in [5, 5.41) is 9.99. The molecule has 1 aromatic heterocycles. The molecule has 118 valence electrons. The quantitative estimate of drug-likeness (QED) is 0.881. The van der Waals surface area contributed by atoms with Crippen molar-refractivity contribution in [3.05, 3.63) is 53.5 Å². The number of rotatable bonds is 6. The summed E-state index contributed by atoms with van der Waals surface area (Å²) in [5.74, 6) is 1.53. The Hall–Kier alpha value is -1.74. The van der Waals surface area contributed by atoms with Crippen molar-refractivity contribution in [1.82, 2.24) is 4.90 Å². The van der Waals surface area contributed by atoms with E-state index in [0.29, 0.717) is 11.8 Å². The van der Waals surface area contributed by atoms with Crippen molar-refractivity contribution in [3.63, 3.8) is 0 Å². The summed E-state index contributed by atoms with van der Waals surface area (Å²) in [6, 6.07) is 10.5. The van der Waals surface area contributed by atoms with E-state index in [4.69, 9.17) is 4.42 Å². The molecule has 0 amide bonds. The van der Waals surface area contributed by atoms with E-state index in [-0.39, 0.29) is 0 Å². The summed E-state index contributed by atoms with van der Waals surface area (Å²) >= 11 is 0. The second kappa shape index (κ2) is 7.01. The fourth-order valence-electron chi connectivity index (χ4n) is 3.55. The van der Waals surface area contributed by atoms with E-state index in [1.807, 2.05) is 12.1 Å². The van der Waals surface area contributed by atoms with Crippen LogP contribution in [0.4, 0.5) is 0 Å². The number of nitrogens with zero attached hydrogens (tertiary/aromatic N) is 1. The number of fused-ring (bicyclic) bond motifs is 1. The molecular weight excluding hydrogens is 274 g/mol. The number of aromatic hydroxyl groups is 1. The third kappa shape index (κ3) is 3.36. The zero-order valence-electron chi connectivity index (χ0n) is 13.3. The number of phenols is 1. The Morgan fingerprint density at radius 3 is 2.91 bits per heavy atom. The SMILES string of the molecule is CCCN(CCc1ccco1)C1CCc2c(O)cccc2C1. The van der Waals surface area contributed by atoms with E-state index in [1.165, 1.54) is 12.0 Å². The van der Waals surface area contributed by atoms with Crippen molar-refractivity contribution in [2.75, 3.05) is 13.1 Å². The van der Waals surface area contributed by atoms with Crippen LogP contribution < -0.4 is 0 Å². The molecule has 3 rings (SSSR count). The van der Waals surface area contributed by atoms with Crippen molar-refractivity contribution >= 4 is 0 Å². The summed E-state index contributed by atoms with van der Waals surface area (Å²) in [5.41, 5.74) is 2.47. The molecule has 1 aliphatic carbocycles. The molecule has 22 heavy (non-hydrogen) atoms. The smallest absolute Gasteiger partial charge is 0.119 e. The molecule has 0 fully saturated rings. The largest absolute Gasteiger partial charge is 0.508 e. The average molecular weight is 299 g/mol. The van der Waals surface area contributed by atoms with Crippen molar-refractivity contribution in [3.8, 4) is 5.75 Å². The fraction of sp³-hybridized carbons (Fsp3) is 0.474. The molecule has 2 aromatic rings. The van der Waals surface area contributed by atoms with Gasteiger partial charge in [0.05, 0.1) is 6.26 Å². The molecule has 1 atom stereocenters. The van der Waals surface area contributed by atoms with Crippen LogP contribution in [0.15, 0.2) is 41.0 Å². The molecule has 0 bridgehead atoms. The first kappa shape index (κ1) is 15.2. The molecule has 0 spiro atoms. The van der Waals surface area contributed by atoms with Crippen molar-refractivity contribution in [2.24, 2.45) is 0 Å². The fourth-order valence-corrected chi connectivity index (χ4v) is 3.55. The highest BCUT2D eigenvalue weighted by atomic mass is 16.3. The predicted molar refractivity (Wildman–Crippen MR) is 88.2 cm³/mol. The Morgan fingerprint density at radius 2 is 2.14 bits per heavy atom. The maximum atomic E-state index is 9.99. The minimum atomic E-state index is 0.466. The highest BCUT2D eigenvalue weighted by Gasteiger charge is 2.25. The van der Waals surface area contributed by atoms with Crippen LogP contribution in [0.3, 0.4) is 0 Å². The van der Waals surface area contributed by atoms with Crippen LogP contribution in [-0.2, 0) is 19.3 Å². The maximum absolute atomic E-state index is 9.99. The lowest BCUT2D eigenvalue weighted by Crippen LogP contribution is -2.41. The van der Waals surface area contributed by atoms with E-state index in [9.17, 15) is 5.11 Å². The lowest BCUT2D eigenvalue weighted by atomic mass is 9.86. The van der Waals surface area contributed by atoms with Gasteiger partial charge in [-0.1, -0.05) is 19.1 Å². The monoisotopic (exact) mass is 299 g/mol.